The van der Waals surface area contributed by atoms with Gasteiger partial charge in [0.2, 0.25) is 0 Å². The average Bonchev–Trinajstić information content (AvgIpc) is 2.34. The molecule has 104 valence electrons. The second-order valence-electron chi connectivity index (χ2n) is 5.55. The predicted octanol–water partition coefficient (Wildman–Crippen LogP) is 1.85. The van der Waals surface area contributed by atoms with Gasteiger partial charge in [0, 0.05) is 29.8 Å². The largest absolute Gasteiger partial charge is 0.476 e. The fourth-order valence-corrected chi connectivity index (χ4v) is 2.61. The van der Waals surface area contributed by atoms with Gasteiger partial charge in [-0.05, 0) is 0 Å². The Morgan fingerprint density at radius 2 is 2.16 bits per heavy atom. The molecule has 1 aliphatic heterocycles. The molecule has 0 bridgehead atoms. The van der Waals surface area contributed by atoms with E-state index in [1.54, 1.807) is 11.8 Å². The van der Waals surface area contributed by atoms with Gasteiger partial charge in [0.1, 0.15) is 5.82 Å². The number of carbonyl (C=O) groups is 1. The number of carboxylic acids is 1. The van der Waals surface area contributed by atoms with Crippen molar-refractivity contribution in [1.29, 1.82) is 0 Å². The Bertz CT molecular complexity index is 497. The molecular formula is C13H19N3O2S. The van der Waals surface area contributed by atoms with Gasteiger partial charge in [0.05, 0.1) is 11.4 Å². The van der Waals surface area contributed by atoms with E-state index in [1.807, 2.05) is 0 Å². The summed E-state index contributed by atoms with van der Waals surface area (Å²) in [4.78, 5) is 20.0. The van der Waals surface area contributed by atoms with Crippen molar-refractivity contribution in [2.75, 3.05) is 6.54 Å². The highest BCUT2D eigenvalue weighted by atomic mass is 32.2. The van der Waals surface area contributed by atoms with E-state index in [1.165, 1.54) is 0 Å². The number of nitrogens with one attached hydrogen (secondary N) is 1. The number of fused-ring (bicyclic) bond motifs is 1. The Kier molecular flexibility index (Phi) is 4.10. The molecule has 2 rings (SSSR count). The summed E-state index contributed by atoms with van der Waals surface area (Å²) >= 11 is 1.72. The van der Waals surface area contributed by atoms with E-state index in [4.69, 9.17) is 0 Å². The molecule has 2 heterocycles. The number of hydrogen-bond donors (Lipinski definition) is 2. The smallest absolute Gasteiger partial charge is 0.354 e. The van der Waals surface area contributed by atoms with E-state index in [0.29, 0.717) is 18.1 Å². The molecule has 1 aromatic heterocycles. The fourth-order valence-electron chi connectivity index (χ4n) is 1.92. The van der Waals surface area contributed by atoms with Gasteiger partial charge >= 0.3 is 5.97 Å². The van der Waals surface area contributed by atoms with Gasteiger partial charge in [-0.15, -0.1) is 11.8 Å². The monoisotopic (exact) mass is 281 g/mol. The van der Waals surface area contributed by atoms with Crippen LogP contribution in [-0.4, -0.2) is 32.3 Å². The predicted molar refractivity (Wildman–Crippen MR) is 75.5 cm³/mol. The molecule has 0 radical (unpaired) electrons. The van der Waals surface area contributed by atoms with Crippen LogP contribution in [0.1, 0.15) is 48.3 Å². The third kappa shape index (κ3) is 3.67. The first-order valence-corrected chi connectivity index (χ1v) is 7.32. The van der Waals surface area contributed by atoms with Crippen molar-refractivity contribution in [3.63, 3.8) is 0 Å². The van der Waals surface area contributed by atoms with Crippen molar-refractivity contribution in [1.82, 2.24) is 15.3 Å². The fraction of sp³-hybridized carbons (Fsp3) is 0.615. The summed E-state index contributed by atoms with van der Waals surface area (Å²) in [5, 5.41) is 12.4. The maximum atomic E-state index is 11.3. The molecule has 0 atom stereocenters. The summed E-state index contributed by atoms with van der Waals surface area (Å²) in [5.74, 6) is 0.298. The Balaban J connectivity index is 2.30. The number of thioether (sulfide) groups is 1. The van der Waals surface area contributed by atoms with Gasteiger partial charge in [-0.3, -0.25) is 0 Å². The lowest BCUT2D eigenvalue weighted by molar-refractivity contribution is 0.0688. The standard InChI is InChI=1S/C13H19N3O2S/c1-13(2,3)19-7-10-15-9-4-5-14-6-8(9)11(16-10)12(17)18/h14H,4-7H2,1-3H3,(H,17,18). The van der Waals surface area contributed by atoms with Crippen LogP contribution in [0.15, 0.2) is 0 Å². The highest BCUT2D eigenvalue weighted by Crippen LogP contribution is 2.27. The van der Waals surface area contributed by atoms with Gasteiger partial charge in [-0.2, -0.15) is 0 Å². The molecule has 5 nitrogen and oxygen atoms in total. The van der Waals surface area contributed by atoms with E-state index < -0.39 is 5.97 Å². The first-order chi connectivity index (χ1) is 8.87. The van der Waals surface area contributed by atoms with Crippen LogP contribution in [0.2, 0.25) is 0 Å². The van der Waals surface area contributed by atoms with Crippen molar-refractivity contribution >= 4 is 17.7 Å². The molecule has 0 saturated carbocycles. The minimum atomic E-state index is -0.968. The van der Waals surface area contributed by atoms with Crippen molar-refractivity contribution in [2.45, 2.75) is 44.2 Å². The van der Waals surface area contributed by atoms with Crippen LogP contribution < -0.4 is 5.32 Å². The summed E-state index contributed by atoms with van der Waals surface area (Å²) in [5.41, 5.74) is 1.78. The van der Waals surface area contributed by atoms with Crippen LogP contribution in [0.4, 0.5) is 0 Å². The summed E-state index contributed by atoms with van der Waals surface area (Å²) in [6.07, 6.45) is 0.769. The number of rotatable bonds is 3. The molecule has 0 unspecified atom stereocenters. The number of aromatic nitrogens is 2. The highest BCUT2D eigenvalue weighted by Gasteiger charge is 2.22. The van der Waals surface area contributed by atoms with Gasteiger partial charge < -0.3 is 10.4 Å². The van der Waals surface area contributed by atoms with Crippen LogP contribution in [0.25, 0.3) is 0 Å². The molecule has 0 fully saturated rings. The summed E-state index contributed by atoms with van der Waals surface area (Å²) in [6.45, 7) is 7.76. The zero-order valence-corrected chi connectivity index (χ0v) is 12.3. The third-order valence-corrected chi connectivity index (χ3v) is 4.08. The average molecular weight is 281 g/mol. The minimum Gasteiger partial charge on any atom is -0.476 e. The first kappa shape index (κ1) is 14.3. The molecule has 19 heavy (non-hydrogen) atoms. The van der Waals surface area contributed by atoms with Gasteiger partial charge in [0.15, 0.2) is 5.69 Å². The highest BCUT2D eigenvalue weighted by molar-refractivity contribution is 7.99. The van der Waals surface area contributed by atoms with E-state index in [-0.39, 0.29) is 10.4 Å². The Morgan fingerprint density at radius 1 is 1.42 bits per heavy atom. The van der Waals surface area contributed by atoms with Crippen molar-refractivity contribution < 1.29 is 9.90 Å². The number of carboxylic acid groups (broad SMARTS) is 1. The summed E-state index contributed by atoms with van der Waals surface area (Å²) in [6, 6.07) is 0. The maximum absolute atomic E-state index is 11.3. The van der Waals surface area contributed by atoms with Crippen LogP contribution in [0, 0.1) is 0 Å². The number of hydrogen-bond acceptors (Lipinski definition) is 5. The van der Waals surface area contributed by atoms with Crippen molar-refractivity contribution in [3.05, 3.63) is 22.8 Å². The van der Waals surface area contributed by atoms with Crippen LogP contribution in [0.3, 0.4) is 0 Å². The van der Waals surface area contributed by atoms with Gasteiger partial charge in [0.25, 0.3) is 0 Å². The van der Waals surface area contributed by atoms with Crippen LogP contribution >= 0.6 is 11.8 Å². The molecule has 0 aliphatic carbocycles. The second-order valence-corrected chi connectivity index (χ2v) is 7.35. The van der Waals surface area contributed by atoms with Gasteiger partial charge in [-0.25, -0.2) is 14.8 Å². The van der Waals surface area contributed by atoms with E-state index >= 15 is 0 Å². The van der Waals surface area contributed by atoms with Crippen LogP contribution in [-0.2, 0) is 18.7 Å². The first-order valence-electron chi connectivity index (χ1n) is 6.33. The zero-order valence-electron chi connectivity index (χ0n) is 11.5. The van der Waals surface area contributed by atoms with E-state index in [0.717, 1.165) is 24.2 Å². The third-order valence-electron chi connectivity index (χ3n) is 2.82. The second kappa shape index (κ2) is 5.46. The molecule has 1 aromatic rings. The van der Waals surface area contributed by atoms with E-state index in [9.17, 15) is 9.90 Å². The Labute approximate surface area is 117 Å². The lowest BCUT2D eigenvalue weighted by Gasteiger charge is -2.20. The molecular weight excluding hydrogens is 262 g/mol. The normalized spacial score (nSPS) is 15.1. The summed E-state index contributed by atoms with van der Waals surface area (Å²) < 4.78 is 0.115. The van der Waals surface area contributed by atoms with Crippen molar-refractivity contribution in [3.8, 4) is 0 Å². The molecule has 2 N–H and O–H groups in total. The lowest BCUT2D eigenvalue weighted by atomic mass is 10.1. The van der Waals surface area contributed by atoms with Gasteiger partial charge in [-0.1, -0.05) is 20.8 Å². The number of nitrogens with zero attached hydrogens (tertiary/aromatic N) is 2. The van der Waals surface area contributed by atoms with E-state index in [2.05, 4.69) is 36.1 Å². The maximum Gasteiger partial charge on any atom is 0.354 e. The Hall–Kier alpha value is -1.14. The number of aromatic carboxylic acids is 1. The Morgan fingerprint density at radius 3 is 2.79 bits per heavy atom. The minimum absolute atomic E-state index is 0.115. The molecule has 0 spiro atoms. The molecule has 6 heteroatoms. The SMILES string of the molecule is CC(C)(C)SCc1nc2c(c(C(=O)O)n1)CNCC2. The zero-order chi connectivity index (χ0) is 14.0. The summed E-state index contributed by atoms with van der Waals surface area (Å²) in [7, 11) is 0. The van der Waals surface area contributed by atoms with Crippen molar-refractivity contribution in [2.24, 2.45) is 0 Å². The molecule has 1 aliphatic rings. The topological polar surface area (TPSA) is 75.1 Å². The molecule has 0 saturated heterocycles. The molecule has 0 aromatic carbocycles. The lowest BCUT2D eigenvalue weighted by Crippen LogP contribution is -2.28. The molecule has 0 amide bonds. The van der Waals surface area contributed by atoms with Crippen LogP contribution in [0.5, 0.6) is 0 Å². The quantitative estimate of drug-likeness (QED) is 0.880.